The number of carbonyl (C=O) groups excluding carboxylic acids is 1. The number of hydrogen-bond acceptors (Lipinski definition) is 2. The van der Waals surface area contributed by atoms with Gasteiger partial charge in [0.25, 0.3) is 0 Å². The van der Waals surface area contributed by atoms with Crippen molar-refractivity contribution in [3.05, 3.63) is 12.7 Å². The molecular weight excluding hydrogens is 176 g/mol. The molecule has 0 aromatic carbocycles. The molecule has 0 aliphatic carbocycles. The van der Waals surface area contributed by atoms with Gasteiger partial charge in [-0.05, 0) is 32.0 Å². The Hall–Kier alpha value is -0.830. The predicted molar refractivity (Wildman–Crippen MR) is 60.2 cm³/mol. The smallest absolute Gasteiger partial charge is 0.243 e. The molecule has 1 N–H and O–H groups in total. The zero-order valence-electron chi connectivity index (χ0n) is 9.76. The van der Waals surface area contributed by atoms with Crippen LogP contribution in [0, 0.1) is 5.41 Å². The van der Waals surface area contributed by atoms with Gasteiger partial charge < -0.3 is 10.2 Å². The second-order valence-electron chi connectivity index (χ2n) is 4.32. The monoisotopic (exact) mass is 198 g/mol. The highest BCUT2D eigenvalue weighted by atomic mass is 16.1. The number of nitrogens with one attached hydrogen (secondary N) is 1. The highest BCUT2D eigenvalue weighted by Gasteiger charge is 2.23. The highest BCUT2D eigenvalue weighted by molar-refractivity contribution is 5.86. The zero-order chi connectivity index (χ0) is 11.2. The largest absolute Gasteiger partial charge is 0.352 e. The molecule has 1 unspecified atom stereocenters. The molecule has 0 rings (SSSR count). The van der Waals surface area contributed by atoms with Crippen LogP contribution >= 0.6 is 0 Å². The van der Waals surface area contributed by atoms with Gasteiger partial charge in [0, 0.05) is 13.1 Å². The maximum atomic E-state index is 11.0. The van der Waals surface area contributed by atoms with Crippen molar-refractivity contribution in [3.8, 4) is 0 Å². The average molecular weight is 198 g/mol. The van der Waals surface area contributed by atoms with Gasteiger partial charge in [-0.15, -0.1) is 0 Å². The maximum Gasteiger partial charge on any atom is 0.243 e. The fourth-order valence-electron chi connectivity index (χ4n) is 1.43. The second kappa shape index (κ2) is 5.81. The molecule has 0 aliphatic rings. The van der Waals surface area contributed by atoms with E-state index in [4.69, 9.17) is 0 Å². The normalized spacial score (nSPS) is 14.9. The van der Waals surface area contributed by atoms with E-state index < -0.39 is 0 Å². The van der Waals surface area contributed by atoms with Crippen LogP contribution in [0.5, 0.6) is 0 Å². The summed E-state index contributed by atoms with van der Waals surface area (Å²) in [6, 6.07) is 0. The van der Waals surface area contributed by atoms with E-state index >= 15 is 0 Å². The lowest BCUT2D eigenvalue weighted by Gasteiger charge is -2.31. The summed E-state index contributed by atoms with van der Waals surface area (Å²) in [6.07, 6.45) is 2.36. The fourth-order valence-corrected chi connectivity index (χ4v) is 1.43. The molecule has 3 heteroatoms. The van der Waals surface area contributed by atoms with E-state index in [-0.39, 0.29) is 11.3 Å². The third kappa shape index (κ3) is 5.02. The number of hydrogen-bond donors (Lipinski definition) is 1. The van der Waals surface area contributed by atoms with Gasteiger partial charge in [-0.25, -0.2) is 0 Å². The molecule has 82 valence electrons. The van der Waals surface area contributed by atoms with E-state index in [1.54, 1.807) is 0 Å². The van der Waals surface area contributed by atoms with Crippen molar-refractivity contribution in [2.45, 2.75) is 20.3 Å². The molecule has 0 fully saturated rings. The van der Waals surface area contributed by atoms with Gasteiger partial charge >= 0.3 is 0 Å². The first-order chi connectivity index (χ1) is 6.43. The Morgan fingerprint density at radius 2 is 2.14 bits per heavy atom. The van der Waals surface area contributed by atoms with Crippen molar-refractivity contribution >= 4 is 5.91 Å². The van der Waals surface area contributed by atoms with Crippen LogP contribution in [0.15, 0.2) is 12.7 Å². The molecule has 0 aliphatic heterocycles. The van der Waals surface area contributed by atoms with E-state index in [1.165, 1.54) is 6.08 Å². The minimum Gasteiger partial charge on any atom is -0.352 e. The molecule has 14 heavy (non-hydrogen) atoms. The second-order valence-corrected chi connectivity index (χ2v) is 4.32. The maximum absolute atomic E-state index is 11.0. The Morgan fingerprint density at radius 3 is 2.50 bits per heavy atom. The molecule has 0 heterocycles. The van der Waals surface area contributed by atoms with E-state index in [1.807, 2.05) is 14.1 Å². The Bertz CT molecular complexity index is 201. The molecule has 0 bridgehead atoms. The van der Waals surface area contributed by atoms with Gasteiger partial charge in [0.15, 0.2) is 0 Å². The summed E-state index contributed by atoms with van der Waals surface area (Å²) in [4.78, 5) is 13.2. The molecule has 0 saturated carbocycles. The van der Waals surface area contributed by atoms with Crippen LogP contribution < -0.4 is 5.32 Å². The van der Waals surface area contributed by atoms with Gasteiger partial charge in [-0.2, -0.15) is 0 Å². The SMILES string of the molecule is C=CC(=O)NCC(C)(CC)CN(C)C. The summed E-state index contributed by atoms with van der Waals surface area (Å²) in [5, 5.41) is 2.85. The lowest BCUT2D eigenvalue weighted by molar-refractivity contribution is -0.117. The molecular formula is C11H22N2O. The van der Waals surface area contributed by atoms with Crippen molar-refractivity contribution in [1.82, 2.24) is 10.2 Å². The molecule has 0 aromatic rings. The quantitative estimate of drug-likeness (QED) is 0.652. The molecule has 1 amide bonds. The highest BCUT2D eigenvalue weighted by Crippen LogP contribution is 2.20. The third-order valence-corrected chi connectivity index (χ3v) is 2.43. The first-order valence-electron chi connectivity index (χ1n) is 4.98. The van der Waals surface area contributed by atoms with E-state index in [0.29, 0.717) is 6.54 Å². The Kier molecular flexibility index (Phi) is 5.46. The lowest BCUT2D eigenvalue weighted by atomic mass is 9.87. The van der Waals surface area contributed by atoms with Crippen LogP contribution in [0.25, 0.3) is 0 Å². The van der Waals surface area contributed by atoms with Gasteiger partial charge in [0.05, 0.1) is 0 Å². The Balaban J connectivity index is 4.11. The number of carbonyl (C=O) groups is 1. The summed E-state index contributed by atoms with van der Waals surface area (Å²) >= 11 is 0. The summed E-state index contributed by atoms with van der Waals surface area (Å²) in [6.45, 7) is 9.42. The molecule has 0 spiro atoms. The van der Waals surface area contributed by atoms with E-state index in [9.17, 15) is 4.79 Å². The first kappa shape index (κ1) is 13.2. The van der Waals surface area contributed by atoms with Gasteiger partial charge in [0.2, 0.25) is 5.91 Å². The summed E-state index contributed by atoms with van der Waals surface area (Å²) < 4.78 is 0. The lowest BCUT2D eigenvalue weighted by Crippen LogP contribution is -2.41. The van der Waals surface area contributed by atoms with Crippen molar-refractivity contribution in [2.24, 2.45) is 5.41 Å². The van der Waals surface area contributed by atoms with Crippen LogP contribution in [0.3, 0.4) is 0 Å². The van der Waals surface area contributed by atoms with Gasteiger partial charge in [-0.1, -0.05) is 20.4 Å². The molecule has 0 radical (unpaired) electrons. The van der Waals surface area contributed by atoms with Crippen molar-refractivity contribution in [1.29, 1.82) is 0 Å². The van der Waals surface area contributed by atoms with Crippen LogP contribution in [-0.4, -0.2) is 38.0 Å². The number of amides is 1. The van der Waals surface area contributed by atoms with E-state index in [0.717, 1.165) is 13.0 Å². The number of rotatable bonds is 6. The molecule has 1 atom stereocenters. The standard InChI is InChI=1S/C11H22N2O/c1-6-10(14)12-8-11(3,7-2)9-13(4)5/h6H,1,7-9H2,2-5H3,(H,12,14). The minimum absolute atomic E-state index is 0.0940. The van der Waals surface area contributed by atoms with Crippen molar-refractivity contribution < 1.29 is 4.79 Å². The first-order valence-corrected chi connectivity index (χ1v) is 4.98. The van der Waals surface area contributed by atoms with Crippen LogP contribution in [0.1, 0.15) is 20.3 Å². The average Bonchev–Trinajstić information content (AvgIpc) is 2.13. The summed E-state index contributed by atoms with van der Waals surface area (Å²) in [5.41, 5.74) is 0.141. The van der Waals surface area contributed by atoms with Crippen molar-refractivity contribution in [2.75, 3.05) is 27.2 Å². The minimum atomic E-state index is -0.0940. The van der Waals surface area contributed by atoms with Crippen LogP contribution in [0.2, 0.25) is 0 Å². The third-order valence-electron chi connectivity index (χ3n) is 2.43. The Labute approximate surface area is 87.2 Å². The topological polar surface area (TPSA) is 32.3 Å². The zero-order valence-corrected chi connectivity index (χ0v) is 9.76. The van der Waals surface area contributed by atoms with Crippen LogP contribution in [-0.2, 0) is 4.79 Å². The van der Waals surface area contributed by atoms with Gasteiger partial charge in [-0.3, -0.25) is 4.79 Å². The van der Waals surface area contributed by atoms with E-state index in [2.05, 4.69) is 30.6 Å². The molecule has 0 saturated heterocycles. The Morgan fingerprint density at radius 1 is 1.57 bits per heavy atom. The fraction of sp³-hybridized carbons (Fsp3) is 0.727. The molecule has 3 nitrogen and oxygen atoms in total. The predicted octanol–water partition coefficient (Wildman–Crippen LogP) is 1.27. The van der Waals surface area contributed by atoms with Crippen LogP contribution in [0.4, 0.5) is 0 Å². The summed E-state index contributed by atoms with van der Waals surface area (Å²) in [7, 11) is 4.09. The summed E-state index contributed by atoms with van der Waals surface area (Å²) in [5.74, 6) is -0.0940. The van der Waals surface area contributed by atoms with Crippen molar-refractivity contribution in [3.63, 3.8) is 0 Å². The molecule has 0 aromatic heterocycles. The van der Waals surface area contributed by atoms with Gasteiger partial charge in [0.1, 0.15) is 0 Å². The number of nitrogens with zero attached hydrogens (tertiary/aromatic N) is 1.